The van der Waals surface area contributed by atoms with Gasteiger partial charge in [0.25, 0.3) is 6.43 Å². The maximum atomic E-state index is 12.6. The van der Waals surface area contributed by atoms with Crippen LogP contribution in [0.25, 0.3) is 0 Å². The van der Waals surface area contributed by atoms with Crippen molar-refractivity contribution >= 4 is 5.97 Å². The van der Waals surface area contributed by atoms with E-state index in [1.807, 2.05) is 0 Å². The van der Waals surface area contributed by atoms with Crippen LogP contribution in [-0.4, -0.2) is 11.1 Å². The summed E-state index contributed by atoms with van der Waals surface area (Å²) in [6.45, 7) is -0.0638. The van der Waals surface area contributed by atoms with E-state index in [0.717, 1.165) is 12.1 Å². The molecule has 0 aliphatic rings. The smallest absolute Gasteiger partial charge is 0.337 e. The zero-order valence-corrected chi connectivity index (χ0v) is 8.08. The summed E-state index contributed by atoms with van der Waals surface area (Å²) < 4.78 is 25.2. The maximum Gasteiger partial charge on any atom is 0.337 e. The van der Waals surface area contributed by atoms with Crippen LogP contribution in [0.1, 0.15) is 33.5 Å². The summed E-state index contributed by atoms with van der Waals surface area (Å²) >= 11 is 0. The van der Waals surface area contributed by atoms with Gasteiger partial charge in [-0.1, -0.05) is 0 Å². The minimum atomic E-state index is -2.90. The first-order valence-electron chi connectivity index (χ1n) is 4.29. The van der Waals surface area contributed by atoms with Crippen LogP contribution in [0.3, 0.4) is 0 Å². The number of benzene rings is 1. The number of rotatable bonds is 3. The van der Waals surface area contributed by atoms with Crippen molar-refractivity contribution in [3.8, 4) is 6.07 Å². The molecule has 16 heavy (non-hydrogen) atoms. The van der Waals surface area contributed by atoms with Gasteiger partial charge in [-0.05, 0) is 17.7 Å². The molecule has 0 unspecified atom stereocenters. The maximum absolute atomic E-state index is 12.6. The fraction of sp³-hybridized carbons (Fsp3) is 0.200. The molecule has 6 heteroatoms. The average Bonchev–Trinajstić information content (AvgIpc) is 2.26. The molecule has 4 nitrogen and oxygen atoms in total. The molecule has 0 saturated heterocycles. The quantitative estimate of drug-likeness (QED) is 0.820. The van der Waals surface area contributed by atoms with Gasteiger partial charge in [-0.25, -0.2) is 13.6 Å². The molecule has 0 aliphatic heterocycles. The number of alkyl halides is 2. The number of carboxylic acid groups (broad SMARTS) is 1. The molecule has 84 valence electrons. The molecule has 0 heterocycles. The van der Waals surface area contributed by atoms with Gasteiger partial charge in [0.05, 0.1) is 11.1 Å². The Bertz CT molecular complexity index is 467. The lowest BCUT2D eigenvalue weighted by molar-refractivity contribution is 0.0696. The molecule has 0 aliphatic carbocycles. The Morgan fingerprint density at radius 2 is 2.19 bits per heavy atom. The predicted molar refractivity (Wildman–Crippen MR) is 51.0 cm³/mol. The van der Waals surface area contributed by atoms with Crippen LogP contribution in [-0.2, 0) is 6.54 Å². The first kappa shape index (κ1) is 12.1. The lowest BCUT2D eigenvalue weighted by atomic mass is 9.98. The van der Waals surface area contributed by atoms with E-state index in [0.29, 0.717) is 0 Å². The van der Waals surface area contributed by atoms with Gasteiger partial charge in [0, 0.05) is 12.1 Å². The van der Waals surface area contributed by atoms with Crippen LogP contribution < -0.4 is 5.73 Å². The number of nitrogens with two attached hydrogens (primary N) is 1. The first-order valence-corrected chi connectivity index (χ1v) is 4.29. The van der Waals surface area contributed by atoms with Crippen molar-refractivity contribution < 1.29 is 18.7 Å². The molecule has 1 rings (SSSR count). The Kier molecular flexibility index (Phi) is 3.53. The van der Waals surface area contributed by atoms with E-state index in [4.69, 9.17) is 16.1 Å². The van der Waals surface area contributed by atoms with Crippen molar-refractivity contribution in [2.45, 2.75) is 13.0 Å². The second-order valence-electron chi connectivity index (χ2n) is 3.03. The van der Waals surface area contributed by atoms with Crippen LogP contribution in [0.5, 0.6) is 0 Å². The summed E-state index contributed by atoms with van der Waals surface area (Å²) in [4.78, 5) is 10.8. The van der Waals surface area contributed by atoms with Crippen LogP contribution in [0.2, 0.25) is 0 Å². The van der Waals surface area contributed by atoms with Gasteiger partial charge in [0.2, 0.25) is 0 Å². The number of halogens is 2. The van der Waals surface area contributed by atoms with Crippen molar-refractivity contribution in [3.05, 3.63) is 34.4 Å². The van der Waals surface area contributed by atoms with Crippen LogP contribution >= 0.6 is 0 Å². The summed E-state index contributed by atoms with van der Waals surface area (Å²) in [6.07, 6.45) is -2.90. The second kappa shape index (κ2) is 4.68. The van der Waals surface area contributed by atoms with E-state index in [9.17, 15) is 13.6 Å². The highest BCUT2D eigenvalue weighted by Gasteiger charge is 2.20. The highest BCUT2D eigenvalue weighted by molar-refractivity contribution is 5.91. The standard InChI is InChI=1S/C10H8F2N2O2/c11-9(12)6-1-5(3-13)2-7(10(15)16)8(6)4-14/h1-2,9H,3,13H2,(H,15,16). The monoisotopic (exact) mass is 226 g/mol. The number of aromatic carboxylic acids is 1. The fourth-order valence-electron chi connectivity index (χ4n) is 1.31. The highest BCUT2D eigenvalue weighted by Crippen LogP contribution is 2.26. The van der Waals surface area contributed by atoms with Crippen molar-refractivity contribution in [1.82, 2.24) is 0 Å². The largest absolute Gasteiger partial charge is 0.478 e. The Morgan fingerprint density at radius 1 is 1.56 bits per heavy atom. The average molecular weight is 226 g/mol. The molecule has 0 atom stereocenters. The van der Waals surface area contributed by atoms with Crippen LogP contribution in [0.15, 0.2) is 12.1 Å². The highest BCUT2D eigenvalue weighted by atomic mass is 19.3. The molecule has 1 aromatic rings. The molecule has 0 amide bonds. The second-order valence-corrected chi connectivity index (χ2v) is 3.03. The number of hydrogen-bond donors (Lipinski definition) is 2. The number of carboxylic acids is 1. The number of nitrogens with zero attached hydrogens (tertiary/aromatic N) is 1. The predicted octanol–water partition coefficient (Wildman–Crippen LogP) is 1.65. The summed E-state index contributed by atoms with van der Waals surface area (Å²) in [5.74, 6) is -1.42. The van der Waals surface area contributed by atoms with Crippen LogP contribution in [0.4, 0.5) is 8.78 Å². The molecule has 0 saturated carbocycles. The SMILES string of the molecule is N#Cc1c(C(=O)O)cc(CN)cc1C(F)F. The van der Waals surface area contributed by atoms with Gasteiger partial charge in [-0.15, -0.1) is 0 Å². The molecule has 0 aromatic heterocycles. The zero-order chi connectivity index (χ0) is 12.3. The third-order valence-electron chi connectivity index (χ3n) is 2.04. The van der Waals surface area contributed by atoms with Crippen LogP contribution in [0, 0.1) is 11.3 Å². The third kappa shape index (κ3) is 2.15. The topological polar surface area (TPSA) is 87.1 Å². The number of carbonyl (C=O) groups is 1. The molecular formula is C10H8F2N2O2. The van der Waals surface area contributed by atoms with Gasteiger partial charge in [-0.3, -0.25) is 0 Å². The van der Waals surface area contributed by atoms with Gasteiger partial charge in [0.1, 0.15) is 6.07 Å². The van der Waals surface area contributed by atoms with Gasteiger partial charge in [-0.2, -0.15) is 5.26 Å². The van der Waals surface area contributed by atoms with Crippen molar-refractivity contribution in [3.63, 3.8) is 0 Å². The van der Waals surface area contributed by atoms with Gasteiger partial charge >= 0.3 is 5.97 Å². The lowest BCUT2D eigenvalue weighted by Crippen LogP contribution is -2.08. The molecule has 0 bridgehead atoms. The Labute approximate surface area is 89.9 Å². The molecule has 0 radical (unpaired) electrons. The molecule has 1 aromatic carbocycles. The number of nitriles is 1. The third-order valence-corrected chi connectivity index (χ3v) is 2.04. The van der Waals surface area contributed by atoms with E-state index in [2.05, 4.69) is 0 Å². The molecule has 3 N–H and O–H groups in total. The fourth-order valence-corrected chi connectivity index (χ4v) is 1.31. The van der Waals surface area contributed by atoms with Crippen molar-refractivity contribution in [2.75, 3.05) is 0 Å². The Hall–Kier alpha value is -2.00. The summed E-state index contributed by atoms with van der Waals surface area (Å²) in [7, 11) is 0. The summed E-state index contributed by atoms with van der Waals surface area (Å²) in [5.41, 5.74) is 3.96. The summed E-state index contributed by atoms with van der Waals surface area (Å²) in [6, 6.07) is 3.66. The van der Waals surface area contributed by atoms with Crippen molar-refractivity contribution in [2.24, 2.45) is 5.73 Å². The normalized spacial score (nSPS) is 10.2. The Morgan fingerprint density at radius 3 is 2.56 bits per heavy atom. The minimum Gasteiger partial charge on any atom is -0.478 e. The van der Waals surface area contributed by atoms with E-state index in [1.54, 1.807) is 0 Å². The molecule has 0 fully saturated rings. The number of hydrogen-bond acceptors (Lipinski definition) is 3. The van der Waals surface area contributed by atoms with E-state index < -0.39 is 29.1 Å². The lowest BCUT2D eigenvalue weighted by Gasteiger charge is -2.08. The summed E-state index contributed by atoms with van der Waals surface area (Å²) in [5, 5.41) is 17.5. The first-order chi connectivity index (χ1) is 7.51. The van der Waals surface area contributed by atoms with Gasteiger partial charge in [0.15, 0.2) is 0 Å². The molecule has 0 spiro atoms. The van der Waals surface area contributed by atoms with E-state index in [-0.39, 0.29) is 12.1 Å². The van der Waals surface area contributed by atoms with Crippen molar-refractivity contribution in [1.29, 1.82) is 5.26 Å². The molecular weight excluding hydrogens is 218 g/mol. The Balaban J connectivity index is 3.54. The van der Waals surface area contributed by atoms with E-state index in [1.165, 1.54) is 6.07 Å². The zero-order valence-electron chi connectivity index (χ0n) is 8.08. The minimum absolute atomic E-state index is 0.0638. The van der Waals surface area contributed by atoms with Gasteiger partial charge < -0.3 is 10.8 Å². The van der Waals surface area contributed by atoms with E-state index >= 15 is 0 Å².